The van der Waals surface area contributed by atoms with Crippen LogP contribution in [0.25, 0.3) is 0 Å². The van der Waals surface area contributed by atoms with Crippen molar-refractivity contribution in [1.29, 1.82) is 5.26 Å². The molecule has 0 radical (unpaired) electrons. The maximum absolute atomic E-state index is 12.3. The molecule has 0 bridgehead atoms. The molecule has 1 aromatic carbocycles. The summed E-state index contributed by atoms with van der Waals surface area (Å²) in [5, 5.41) is 7.62. The Morgan fingerprint density at radius 1 is 1.40 bits per heavy atom. The van der Waals surface area contributed by atoms with E-state index >= 15 is 0 Å². The molecule has 0 heterocycles. The van der Waals surface area contributed by atoms with E-state index in [2.05, 4.69) is 0 Å². The van der Waals surface area contributed by atoms with Crippen LogP contribution >= 0.6 is 11.6 Å². The van der Waals surface area contributed by atoms with E-state index in [0.717, 1.165) is 12.1 Å². The molecule has 0 saturated carbocycles. The van der Waals surface area contributed by atoms with Crippen molar-refractivity contribution >= 4 is 11.6 Å². The van der Waals surface area contributed by atoms with Gasteiger partial charge in [0, 0.05) is 6.42 Å². The summed E-state index contributed by atoms with van der Waals surface area (Å²) in [7, 11) is 0. The standard InChI is InChI=1S/C10H7ClF3N/c11-9(6-15)5-7-2-1-3-8(4-7)10(12,13)14/h1-4,9H,5H2. The molecule has 15 heavy (non-hydrogen) atoms. The van der Waals surface area contributed by atoms with Gasteiger partial charge in [0.25, 0.3) is 0 Å². The number of rotatable bonds is 2. The van der Waals surface area contributed by atoms with Gasteiger partial charge in [0.1, 0.15) is 5.38 Å². The molecular weight excluding hydrogens is 227 g/mol. The van der Waals surface area contributed by atoms with E-state index in [4.69, 9.17) is 16.9 Å². The fraction of sp³-hybridized carbons (Fsp3) is 0.300. The summed E-state index contributed by atoms with van der Waals surface area (Å²) >= 11 is 5.52. The first-order valence-electron chi connectivity index (χ1n) is 4.13. The number of hydrogen-bond donors (Lipinski definition) is 0. The number of nitrogens with zero attached hydrogens (tertiary/aromatic N) is 1. The fourth-order valence-corrected chi connectivity index (χ4v) is 1.31. The number of benzene rings is 1. The molecule has 0 saturated heterocycles. The Kier molecular flexibility index (Phi) is 3.59. The van der Waals surface area contributed by atoms with Crippen LogP contribution in [-0.2, 0) is 12.6 Å². The van der Waals surface area contributed by atoms with Gasteiger partial charge in [-0.25, -0.2) is 0 Å². The molecule has 0 aliphatic rings. The quantitative estimate of drug-likeness (QED) is 0.719. The highest BCUT2D eigenvalue weighted by atomic mass is 35.5. The van der Waals surface area contributed by atoms with E-state index in [1.807, 2.05) is 0 Å². The van der Waals surface area contributed by atoms with Crippen LogP contribution in [0.4, 0.5) is 13.2 Å². The molecular formula is C10H7ClF3N. The SMILES string of the molecule is N#CC(Cl)Cc1cccc(C(F)(F)F)c1. The second-order valence-corrected chi connectivity index (χ2v) is 3.53. The minimum atomic E-state index is -4.36. The highest BCUT2D eigenvalue weighted by Crippen LogP contribution is 2.29. The van der Waals surface area contributed by atoms with Crippen LogP contribution in [0.15, 0.2) is 24.3 Å². The Morgan fingerprint density at radius 3 is 2.60 bits per heavy atom. The topological polar surface area (TPSA) is 23.8 Å². The zero-order chi connectivity index (χ0) is 11.5. The van der Waals surface area contributed by atoms with Crippen LogP contribution < -0.4 is 0 Å². The van der Waals surface area contributed by atoms with Gasteiger partial charge in [-0.1, -0.05) is 18.2 Å². The molecule has 0 aliphatic carbocycles. The highest BCUT2D eigenvalue weighted by Gasteiger charge is 2.30. The zero-order valence-corrected chi connectivity index (χ0v) is 8.31. The molecule has 1 rings (SSSR count). The lowest BCUT2D eigenvalue weighted by atomic mass is 10.1. The first-order chi connectivity index (χ1) is 6.93. The molecule has 1 nitrogen and oxygen atoms in total. The maximum Gasteiger partial charge on any atom is 0.416 e. The third kappa shape index (κ3) is 3.45. The molecule has 0 aromatic heterocycles. The van der Waals surface area contributed by atoms with E-state index < -0.39 is 17.1 Å². The van der Waals surface area contributed by atoms with Crippen molar-refractivity contribution in [3.63, 3.8) is 0 Å². The van der Waals surface area contributed by atoms with Gasteiger partial charge in [0.05, 0.1) is 11.6 Å². The van der Waals surface area contributed by atoms with Gasteiger partial charge in [-0.05, 0) is 11.6 Å². The summed E-state index contributed by atoms with van der Waals surface area (Å²) in [6, 6.07) is 6.57. The van der Waals surface area contributed by atoms with Gasteiger partial charge in [-0.3, -0.25) is 0 Å². The summed E-state index contributed by atoms with van der Waals surface area (Å²) in [4.78, 5) is 0. The molecule has 1 aromatic rings. The van der Waals surface area contributed by atoms with Crippen molar-refractivity contribution in [1.82, 2.24) is 0 Å². The average molecular weight is 234 g/mol. The van der Waals surface area contributed by atoms with E-state index in [1.54, 1.807) is 6.07 Å². The second-order valence-electron chi connectivity index (χ2n) is 3.00. The minimum absolute atomic E-state index is 0.113. The van der Waals surface area contributed by atoms with E-state index in [1.165, 1.54) is 12.1 Å². The second kappa shape index (κ2) is 4.54. The van der Waals surface area contributed by atoms with Gasteiger partial charge in [0.15, 0.2) is 0 Å². The molecule has 0 aliphatic heterocycles. The molecule has 1 atom stereocenters. The molecule has 5 heteroatoms. The lowest BCUT2D eigenvalue weighted by molar-refractivity contribution is -0.137. The maximum atomic E-state index is 12.3. The van der Waals surface area contributed by atoms with E-state index in [-0.39, 0.29) is 6.42 Å². The van der Waals surface area contributed by atoms with Crippen LogP contribution in [0, 0.1) is 11.3 Å². The van der Waals surface area contributed by atoms with Crippen molar-refractivity contribution in [3.8, 4) is 6.07 Å². The first-order valence-corrected chi connectivity index (χ1v) is 4.57. The summed E-state index contributed by atoms with van der Waals surface area (Å²) in [6.45, 7) is 0. The van der Waals surface area contributed by atoms with Crippen molar-refractivity contribution in [2.24, 2.45) is 0 Å². The van der Waals surface area contributed by atoms with Crippen LogP contribution in [0.1, 0.15) is 11.1 Å². The third-order valence-corrected chi connectivity index (χ3v) is 2.06. The number of alkyl halides is 4. The summed E-state index contributed by atoms with van der Waals surface area (Å²) in [5.74, 6) is 0. The smallest absolute Gasteiger partial charge is 0.197 e. The lowest BCUT2D eigenvalue weighted by Gasteiger charge is -2.08. The molecule has 1 unspecified atom stereocenters. The molecule has 0 amide bonds. The van der Waals surface area contributed by atoms with Crippen LogP contribution in [0.3, 0.4) is 0 Å². The molecule has 80 valence electrons. The Hall–Kier alpha value is -1.21. The number of nitriles is 1. The Labute approximate surface area is 90.1 Å². The van der Waals surface area contributed by atoms with Gasteiger partial charge in [-0.15, -0.1) is 11.6 Å². The van der Waals surface area contributed by atoms with Crippen LogP contribution in [-0.4, -0.2) is 5.38 Å². The van der Waals surface area contributed by atoms with Crippen LogP contribution in [0.5, 0.6) is 0 Å². The predicted molar refractivity (Wildman–Crippen MR) is 50.4 cm³/mol. The first kappa shape index (κ1) is 11.9. The van der Waals surface area contributed by atoms with Crippen molar-refractivity contribution in [3.05, 3.63) is 35.4 Å². The van der Waals surface area contributed by atoms with Gasteiger partial charge in [0.2, 0.25) is 0 Å². The third-order valence-electron chi connectivity index (χ3n) is 1.81. The monoisotopic (exact) mass is 233 g/mol. The lowest BCUT2D eigenvalue weighted by Crippen LogP contribution is -2.06. The van der Waals surface area contributed by atoms with E-state index in [9.17, 15) is 13.2 Å². The van der Waals surface area contributed by atoms with Gasteiger partial charge >= 0.3 is 6.18 Å². The normalized spacial score (nSPS) is 13.3. The molecule has 0 N–H and O–H groups in total. The van der Waals surface area contributed by atoms with Crippen LogP contribution in [0.2, 0.25) is 0 Å². The van der Waals surface area contributed by atoms with Crippen molar-refractivity contribution < 1.29 is 13.2 Å². The predicted octanol–water partition coefficient (Wildman–Crippen LogP) is 3.38. The van der Waals surface area contributed by atoms with E-state index in [0.29, 0.717) is 5.56 Å². The molecule has 0 spiro atoms. The number of hydrogen-bond acceptors (Lipinski definition) is 1. The zero-order valence-electron chi connectivity index (χ0n) is 7.55. The fourth-order valence-electron chi connectivity index (χ4n) is 1.13. The summed E-state index contributed by atoms with van der Waals surface area (Å²) < 4.78 is 36.9. The Balaban J connectivity index is 2.90. The van der Waals surface area contributed by atoms with Crippen molar-refractivity contribution in [2.75, 3.05) is 0 Å². The molecule has 0 fully saturated rings. The minimum Gasteiger partial charge on any atom is -0.197 e. The average Bonchev–Trinajstić information content (AvgIpc) is 2.17. The van der Waals surface area contributed by atoms with Gasteiger partial charge < -0.3 is 0 Å². The summed E-state index contributed by atoms with van der Waals surface area (Å²) in [6.07, 6.45) is -4.24. The summed E-state index contributed by atoms with van der Waals surface area (Å²) in [5.41, 5.74) is -0.312. The largest absolute Gasteiger partial charge is 0.416 e. The van der Waals surface area contributed by atoms with Crippen molar-refractivity contribution in [2.45, 2.75) is 18.0 Å². The Morgan fingerprint density at radius 2 is 2.07 bits per heavy atom. The Bertz CT molecular complexity index is 381. The number of halogens is 4. The highest BCUT2D eigenvalue weighted by molar-refractivity contribution is 6.22. The van der Waals surface area contributed by atoms with Gasteiger partial charge in [-0.2, -0.15) is 18.4 Å².